The Morgan fingerprint density at radius 1 is 1.43 bits per heavy atom. The number of aliphatic hydroxyl groups excluding tert-OH is 1. The minimum absolute atomic E-state index is 0.0154. The van der Waals surface area contributed by atoms with Crippen molar-refractivity contribution in [3.05, 3.63) is 52.3 Å². The molecule has 21 heavy (non-hydrogen) atoms. The van der Waals surface area contributed by atoms with Crippen molar-refractivity contribution in [1.29, 1.82) is 0 Å². The first-order valence-corrected chi connectivity index (χ1v) is 6.83. The Balaban J connectivity index is 2.24. The van der Waals surface area contributed by atoms with Crippen LogP contribution in [0, 0.1) is 18.8 Å². The molecule has 0 radical (unpaired) electrons. The van der Waals surface area contributed by atoms with Crippen molar-refractivity contribution >= 4 is 23.2 Å². The third-order valence-corrected chi connectivity index (χ3v) is 2.99. The zero-order valence-corrected chi connectivity index (χ0v) is 12.3. The van der Waals surface area contributed by atoms with Gasteiger partial charge in [-0.15, -0.1) is 0 Å². The van der Waals surface area contributed by atoms with Crippen LogP contribution < -0.4 is 5.32 Å². The summed E-state index contributed by atoms with van der Waals surface area (Å²) >= 11 is 5.79. The van der Waals surface area contributed by atoms with Crippen molar-refractivity contribution < 1.29 is 9.90 Å². The van der Waals surface area contributed by atoms with E-state index in [2.05, 4.69) is 22.1 Å². The topological polar surface area (TPSA) is 65.1 Å². The number of amides is 1. The summed E-state index contributed by atoms with van der Waals surface area (Å²) in [4.78, 5) is 14.9. The van der Waals surface area contributed by atoms with E-state index in [1.807, 2.05) is 25.1 Å². The molecule has 1 heterocycles. The van der Waals surface area contributed by atoms with Gasteiger partial charge in [0, 0.05) is 18.2 Å². The van der Waals surface area contributed by atoms with Gasteiger partial charge < -0.3 is 15.4 Å². The Hall–Kier alpha value is -2.22. The van der Waals surface area contributed by atoms with Crippen molar-refractivity contribution in [3.63, 3.8) is 0 Å². The number of aliphatic hydroxyl groups is 1. The lowest BCUT2D eigenvalue weighted by Crippen LogP contribution is -2.13. The highest BCUT2D eigenvalue weighted by molar-refractivity contribution is 6.31. The van der Waals surface area contributed by atoms with Gasteiger partial charge in [-0.05, 0) is 30.7 Å². The van der Waals surface area contributed by atoms with E-state index in [0.29, 0.717) is 28.4 Å². The maximum absolute atomic E-state index is 12.1. The fourth-order valence-electron chi connectivity index (χ4n) is 1.77. The number of carbonyl (C=O) groups is 1. The summed E-state index contributed by atoms with van der Waals surface area (Å²) in [6.45, 7) is 1.95. The van der Waals surface area contributed by atoms with Gasteiger partial charge in [0.15, 0.2) is 0 Å². The highest BCUT2D eigenvalue weighted by Crippen LogP contribution is 2.18. The SMILES string of the molecule is Cc1ccc(C#CCCO)c(NC(=O)c2cc(Cl)c[nH]2)c1. The lowest BCUT2D eigenvalue weighted by Gasteiger charge is -2.07. The summed E-state index contributed by atoms with van der Waals surface area (Å²) in [5.41, 5.74) is 2.74. The number of anilines is 1. The van der Waals surface area contributed by atoms with Crippen LogP contribution in [0.25, 0.3) is 0 Å². The number of carbonyl (C=O) groups excluding carboxylic acids is 1. The van der Waals surface area contributed by atoms with Crippen LogP contribution in [0.4, 0.5) is 5.69 Å². The van der Waals surface area contributed by atoms with E-state index in [1.165, 1.54) is 0 Å². The van der Waals surface area contributed by atoms with E-state index in [4.69, 9.17) is 16.7 Å². The Morgan fingerprint density at radius 3 is 2.90 bits per heavy atom. The quantitative estimate of drug-likeness (QED) is 0.763. The van der Waals surface area contributed by atoms with Crippen LogP contribution in [0.15, 0.2) is 30.5 Å². The average Bonchev–Trinajstić information content (AvgIpc) is 2.88. The van der Waals surface area contributed by atoms with Gasteiger partial charge in [0.25, 0.3) is 5.91 Å². The lowest BCUT2D eigenvalue weighted by molar-refractivity contribution is 0.102. The maximum atomic E-state index is 12.1. The molecule has 0 spiro atoms. The van der Waals surface area contributed by atoms with Gasteiger partial charge in [0.05, 0.1) is 17.3 Å². The van der Waals surface area contributed by atoms with Gasteiger partial charge in [-0.3, -0.25) is 4.79 Å². The molecule has 0 saturated heterocycles. The molecule has 0 bridgehead atoms. The van der Waals surface area contributed by atoms with Gasteiger partial charge in [-0.2, -0.15) is 0 Å². The highest BCUT2D eigenvalue weighted by Gasteiger charge is 2.10. The standard InChI is InChI=1S/C16H15ClN2O2/c1-11-5-6-12(4-2-3-7-20)14(8-11)19-16(21)15-9-13(17)10-18-15/h5-6,8-10,18,20H,3,7H2,1H3,(H,19,21). The molecule has 2 rings (SSSR count). The zero-order valence-electron chi connectivity index (χ0n) is 11.5. The number of hydrogen-bond acceptors (Lipinski definition) is 2. The summed E-state index contributed by atoms with van der Waals surface area (Å²) in [5, 5.41) is 12.1. The fourth-order valence-corrected chi connectivity index (χ4v) is 1.94. The van der Waals surface area contributed by atoms with Crippen molar-refractivity contribution in [3.8, 4) is 11.8 Å². The first-order valence-electron chi connectivity index (χ1n) is 6.46. The van der Waals surface area contributed by atoms with E-state index in [-0.39, 0.29) is 12.5 Å². The second kappa shape index (κ2) is 6.98. The van der Waals surface area contributed by atoms with Crippen LogP contribution in [0.3, 0.4) is 0 Å². The van der Waals surface area contributed by atoms with Gasteiger partial charge in [0.1, 0.15) is 5.69 Å². The normalized spacial score (nSPS) is 9.86. The van der Waals surface area contributed by atoms with Crippen molar-refractivity contribution in [2.45, 2.75) is 13.3 Å². The second-order valence-electron chi connectivity index (χ2n) is 4.51. The van der Waals surface area contributed by atoms with Gasteiger partial charge in [0.2, 0.25) is 0 Å². The summed E-state index contributed by atoms with van der Waals surface area (Å²) in [6, 6.07) is 7.18. The molecule has 1 amide bonds. The molecule has 0 aliphatic heterocycles. The first-order chi connectivity index (χ1) is 10.1. The first kappa shape index (κ1) is 15.2. The van der Waals surface area contributed by atoms with E-state index >= 15 is 0 Å². The monoisotopic (exact) mass is 302 g/mol. The molecule has 1 aromatic heterocycles. The third-order valence-electron chi connectivity index (χ3n) is 2.78. The number of rotatable bonds is 3. The van der Waals surface area contributed by atoms with Gasteiger partial charge in [-0.1, -0.05) is 29.5 Å². The molecule has 0 atom stereocenters. The predicted molar refractivity (Wildman–Crippen MR) is 83.5 cm³/mol. The largest absolute Gasteiger partial charge is 0.395 e. The minimum Gasteiger partial charge on any atom is -0.395 e. The third kappa shape index (κ3) is 4.12. The number of aromatic nitrogens is 1. The molecular weight excluding hydrogens is 288 g/mol. The molecule has 1 aromatic carbocycles. The van der Waals surface area contributed by atoms with E-state index < -0.39 is 0 Å². The maximum Gasteiger partial charge on any atom is 0.272 e. The summed E-state index contributed by atoms with van der Waals surface area (Å²) < 4.78 is 0. The average molecular weight is 303 g/mol. The van der Waals surface area contributed by atoms with Crippen LogP contribution in [-0.2, 0) is 0 Å². The number of H-pyrrole nitrogens is 1. The number of hydrogen-bond donors (Lipinski definition) is 3. The lowest BCUT2D eigenvalue weighted by atomic mass is 10.1. The molecule has 0 saturated carbocycles. The molecule has 2 aromatic rings. The minimum atomic E-state index is -0.280. The van der Waals surface area contributed by atoms with E-state index in [9.17, 15) is 4.79 Å². The molecule has 108 valence electrons. The molecule has 0 fully saturated rings. The summed E-state index contributed by atoms with van der Waals surface area (Å²) in [6.07, 6.45) is 1.95. The molecule has 0 aliphatic rings. The molecular formula is C16H15ClN2O2. The molecule has 0 aliphatic carbocycles. The second-order valence-corrected chi connectivity index (χ2v) is 4.95. The van der Waals surface area contributed by atoms with Gasteiger partial charge in [-0.25, -0.2) is 0 Å². The molecule has 0 unspecified atom stereocenters. The van der Waals surface area contributed by atoms with Crippen molar-refractivity contribution in [2.24, 2.45) is 0 Å². The Bertz CT molecular complexity index is 711. The van der Waals surface area contributed by atoms with E-state index in [0.717, 1.165) is 5.56 Å². The molecule has 5 heteroatoms. The molecule has 4 nitrogen and oxygen atoms in total. The Labute approximate surface area is 128 Å². The van der Waals surface area contributed by atoms with Crippen LogP contribution in [0.5, 0.6) is 0 Å². The smallest absolute Gasteiger partial charge is 0.272 e. The number of halogens is 1. The number of aryl methyl sites for hydroxylation is 1. The Morgan fingerprint density at radius 2 is 2.24 bits per heavy atom. The summed E-state index contributed by atoms with van der Waals surface area (Å²) in [7, 11) is 0. The number of aromatic amines is 1. The number of nitrogens with one attached hydrogen (secondary N) is 2. The summed E-state index contributed by atoms with van der Waals surface area (Å²) in [5.74, 6) is 5.51. The van der Waals surface area contributed by atoms with Gasteiger partial charge >= 0.3 is 0 Å². The predicted octanol–water partition coefficient (Wildman–Crippen LogP) is 2.96. The zero-order chi connectivity index (χ0) is 15.2. The molecule has 3 N–H and O–H groups in total. The van der Waals surface area contributed by atoms with Crippen molar-refractivity contribution in [1.82, 2.24) is 4.98 Å². The van der Waals surface area contributed by atoms with Crippen LogP contribution in [-0.4, -0.2) is 22.6 Å². The van der Waals surface area contributed by atoms with Crippen LogP contribution in [0.2, 0.25) is 5.02 Å². The van der Waals surface area contributed by atoms with Crippen molar-refractivity contribution in [2.75, 3.05) is 11.9 Å². The van der Waals surface area contributed by atoms with Crippen LogP contribution >= 0.6 is 11.6 Å². The highest BCUT2D eigenvalue weighted by atomic mass is 35.5. The van der Waals surface area contributed by atoms with E-state index in [1.54, 1.807) is 12.3 Å². The van der Waals surface area contributed by atoms with Crippen LogP contribution in [0.1, 0.15) is 28.0 Å². The Kier molecular flexibility index (Phi) is 5.04. The number of benzene rings is 1. The fraction of sp³-hybridized carbons (Fsp3) is 0.188.